The quantitative estimate of drug-likeness (QED) is 0.530. The van der Waals surface area contributed by atoms with Crippen LogP contribution in [0.3, 0.4) is 0 Å². The third-order valence-electron chi connectivity index (χ3n) is 3.15. The molecule has 23 heavy (non-hydrogen) atoms. The molecular weight excluding hydrogens is 306 g/mol. The van der Waals surface area contributed by atoms with Gasteiger partial charge in [0.15, 0.2) is 6.29 Å². The zero-order valence-electron chi connectivity index (χ0n) is 13.0. The Morgan fingerprint density at radius 2 is 1.91 bits per heavy atom. The van der Waals surface area contributed by atoms with Crippen LogP contribution in [-0.2, 0) is 9.47 Å². The van der Waals surface area contributed by atoms with Crippen molar-refractivity contribution in [2.75, 3.05) is 27.9 Å². The average Bonchev–Trinajstić information content (AvgIpc) is 2.97. The first-order valence-electron chi connectivity index (χ1n) is 6.72. The second kappa shape index (κ2) is 7.56. The lowest BCUT2D eigenvalue weighted by molar-refractivity contribution is -0.672. The average molecular weight is 324 g/mol. The molecule has 2 N–H and O–H groups in total. The van der Waals surface area contributed by atoms with Gasteiger partial charge in [-0.25, -0.2) is 4.79 Å². The summed E-state index contributed by atoms with van der Waals surface area (Å²) >= 11 is 0. The number of hydrogen-bond donors (Lipinski definition) is 2. The van der Waals surface area contributed by atoms with Gasteiger partial charge < -0.3 is 19.5 Å². The Hall–Kier alpha value is -2.65. The molecule has 124 valence electrons. The zero-order valence-corrected chi connectivity index (χ0v) is 13.0. The third-order valence-corrected chi connectivity index (χ3v) is 3.15. The highest BCUT2D eigenvalue weighted by Gasteiger charge is 2.31. The first-order valence-corrected chi connectivity index (χ1v) is 6.72. The van der Waals surface area contributed by atoms with E-state index < -0.39 is 17.8 Å². The van der Waals surface area contributed by atoms with Crippen molar-refractivity contribution in [3.05, 3.63) is 40.4 Å². The number of amides is 1. The van der Waals surface area contributed by atoms with Crippen molar-refractivity contribution in [1.82, 2.24) is 10.6 Å². The number of aromatic amines is 1. The number of methoxy groups -OCH3 is 3. The van der Waals surface area contributed by atoms with E-state index in [4.69, 9.17) is 18.7 Å². The zero-order chi connectivity index (χ0) is 16.8. The first kappa shape index (κ1) is 16.7. The smallest absolute Gasteiger partial charge is 0.441 e. The Morgan fingerprint density at radius 3 is 2.48 bits per heavy atom. The second-order valence-corrected chi connectivity index (χ2v) is 4.47. The highest BCUT2D eigenvalue weighted by molar-refractivity contribution is 5.90. The van der Waals surface area contributed by atoms with Crippen molar-refractivity contribution in [3.8, 4) is 11.4 Å². The maximum atomic E-state index is 12.2. The van der Waals surface area contributed by atoms with E-state index in [0.717, 1.165) is 0 Å². The van der Waals surface area contributed by atoms with E-state index in [2.05, 4.69) is 10.6 Å². The number of ether oxygens (including phenoxy) is 3. The molecule has 0 saturated carbocycles. The molecule has 1 aromatic heterocycles. The van der Waals surface area contributed by atoms with E-state index >= 15 is 0 Å². The number of carbonyl (C=O) groups is 1. The summed E-state index contributed by atoms with van der Waals surface area (Å²) in [4.78, 5) is 24.0. The van der Waals surface area contributed by atoms with E-state index in [9.17, 15) is 9.59 Å². The van der Waals surface area contributed by atoms with Gasteiger partial charge in [-0.2, -0.15) is 0 Å². The Bertz CT molecular complexity index is 702. The summed E-state index contributed by atoms with van der Waals surface area (Å²) in [5, 5.41) is 4.94. The van der Waals surface area contributed by atoms with Gasteiger partial charge in [-0.3, -0.25) is 9.32 Å². The topological polar surface area (TPSA) is 107 Å². The number of carbonyl (C=O) groups excluding carboxylic acids is 1. The molecular formula is C14H18N3O6+. The summed E-state index contributed by atoms with van der Waals surface area (Å²) in [5.74, 6) is 0.0316. The minimum Gasteiger partial charge on any atom is -0.497 e. The molecule has 9 heteroatoms. The van der Waals surface area contributed by atoms with Crippen LogP contribution in [0.1, 0.15) is 10.5 Å². The third kappa shape index (κ3) is 3.76. The Balaban J connectivity index is 2.23. The lowest BCUT2D eigenvalue weighted by atomic mass is 10.3. The summed E-state index contributed by atoms with van der Waals surface area (Å²) < 4.78 is 21.0. The van der Waals surface area contributed by atoms with Crippen LogP contribution in [0.15, 0.2) is 33.6 Å². The van der Waals surface area contributed by atoms with E-state index in [1.807, 2.05) is 0 Å². The fourth-order valence-electron chi connectivity index (χ4n) is 1.90. The molecule has 0 radical (unpaired) electrons. The van der Waals surface area contributed by atoms with Gasteiger partial charge >= 0.3 is 17.2 Å². The lowest BCUT2D eigenvalue weighted by Gasteiger charge is -2.12. The number of nitrogens with zero attached hydrogens (tertiary/aromatic N) is 1. The molecule has 9 nitrogen and oxygen atoms in total. The van der Waals surface area contributed by atoms with Gasteiger partial charge in [-0.1, -0.05) is 0 Å². The molecule has 0 bridgehead atoms. The SMILES string of the molecule is COc1ccc(-[n+]2[nH]oc(=O)c2C(=O)NCC(OC)OC)cc1. The summed E-state index contributed by atoms with van der Waals surface area (Å²) in [5.41, 5.74) is -0.442. The normalized spacial score (nSPS) is 10.8. The minimum atomic E-state index is -0.787. The van der Waals surface area contributed by atoms with Crippen LogP contribution < -0.4 is 20.4 Å². The summed E-state index contributed by atoms with van der Waals surface area (Å²) in [6.45, 7) is 0.0824. The summed E-state index contributed by atoms with van der Waals surface area (Å²) in [6.07, 6.45) is -0.612. The predicted octanol–water partition coefficient (Wildman–Crippen LogP) is -0.398. The van der Waals surface area contributed by atoms with Crippen LogP contribution in [0.4, 0.5) is 0 Å². The highest BCUT2D eigenvalue weighted by atomic mass is 16.7. The van der Waals surface area contributed by atoms with Gasteiger partial charge in [0.05, 0.1) is 13.7 Å². The van der Waals surface area contributed by atoms with E-state index in [-0.39, 0.29) is 12.2 Å². The molecule has 2 rings (SSSR count). The van der Waals surface area contributed by atoms with Gasteiger partial charge in [-0.05, 0) is 22.1 Å². The fourth-order valence-corrected chi connectivity index (χ4v) is 1.90. The molecule has 0 atom stereocenters. The monoisotopic (exact) mass is 324 g/mol. The molecule has 1 amide bonds. The molecule has 2 aromatic rings. The van der Waals surface area contributed by atoms with E-state index in [1.165, 1.54) is 18.9 Å². The van der Waals surface area contributed by atoms with Crippen molar-refractivity contribution in [2.45, 2.75) is 6.29 Å². The molecule has 0 aliphatic rings. The molecule has 0 fully saturated rings. The van der Waals surface area contributed by atoms with Crippen molar-refractivity contribution in [1.29, 1.82) is 0 Å². The highest BCUT2D eigenvalue weighted by Crippen LogP contribution is 2.10. The maximum Gasteiger partial charge on any atom is 0.441 e. The summed E-state index contributed by atoms with van der Waals surface area (Å²) in [7, 11) is 4.44. The lowest BCUT2D eigenvalue weighted by Crippen LogP contribution is -2.46. The summed E-state index contributed by atoms with van der Waals surface area (Å²) in [6, 6.07) is 6.74. The largest absolute Gasteiger partial charge is 0.497 e. The number of aromatic nitrogens is 2. The van der Waals surface area contributed by atoms with Crippen molar-refractivity contribution in [3.63, 3.8) is 0 Å². The van der Waals surface area contributed by atoms with Crippen molar-refractivity contribution >= 4 is 5.91 Å². The van der Waals surface area contributed by atoms with Gasteiger partial charge in [0.2, 0.25) is 5.69 Å². The standard InChI is InChI=1S/C14H17N3O6/c1-20-10-6-4-9(5-7-10)17-12(14(19)23-16-17)13(18)15-8-11(21-2)22-3/h4-7,11H,8H2,1-3H3,(H-,15,16,18,19)/p+1. The van der Waals surface area contributed by atoms with E-state index in [1.54, 1.807) is 31.4 Å². The number of hydrogen-bond acceptors (Lipinski definition) is 6. The number of rotatable bonds is 7. The van der Waals surface area contributed by atoms with Gasteiger partial charge in [-0.15, -0.1) is 0 Å². The fraction of sp³-hybridized carbons (Fsp3) is 0.357. The molecule has 0 saturated heterocycles. The van der Waals surface area contributed by atoms with Crippen LogP contribution in [0, 0.1) is 0 Å². The Labute approximate surface area is 131 Å². The van der Waals surface area contributed by atoms with Gasteiger partial charge in [0, 0.05) is 26.4 Å². The first-order chi connectivity index (χ1) is 11.1. The number of H-pyrrole nitrogens is 1. The van der Waals surface area contributed by atoms with Crippen LogP contribution >= 0.6 is 0 Å². The van der Waals surface area contributed by atoms with Crippen LogP contribution in [0.2, 0.25) is 0 Å². The van der Waals surface area contributed by atoms with Crippen LogP contribution in [-0.4, -0.2) is 45.3 Å². The second-order valence-electron chi connectivity index (χ2n) is 4.47. The maximum absolute atomic E-state index is 12.2. The molecule has 0 unspecified atom stereocenters. The van der Waals surface area contributed by atoms with Crippen molar-refractivity contribution < 1.29 is 28.2 Å². The molecule has 1 aromatic carbocycles. The van der Waals surface area contributed by atoms with Gasteiger partial charge in [0.1, 0.15) is 5.75 Å². The number of benzene rings is 1. The molecule has 1 heterocycles. The van der Waals surface area contributed by atoms with E-state index in [0.29, 0.717) is 11.4 Å². The number of nitrogens with one attached hydrogen (secondary N) is 2. The van der Waals surface area contributed by atoms with Crippen molar-refractivity contribution in [2.24, 2.45) is 0 Å². The van der Waals surface area contributed by atoms with Gasteiger partial charge in [0.25, 0.3) is 0 Å². The predicted molar refractivity (Wildman–Crippen MR) is 77.6 cm³/mol. The molecule has 0 aliphatic carbocycles. The molecule has 0 spiro atoms. The molecule has 0 aliphatic heterocycles. The van der Waals surface area contributed by atoms with Crippen LogP contribution in [0.5, 0.6) is 5.75 Å². The van der Waals surface area contributed by atoms with Crippen LogP contribution in [0.25, 0.3) is 5.69 Å². The minimum absolute atomic E-state index is 0.0824. The Kier molecular flexibility index (Phi) is 5.50. The Morgan fingerprint density at radius 1 is 1.26 bits per heavy atom.